The van der Waals surface area contributed by atoms with Crippen molar-refractivity contribution in [3.05, 3.63) is 16.6 Å². The number of rotatable bonds is 4. The van der Waals surface area contributed by atoms with E-state index in [-0.39, 0.29) is 27.8 Å². The van der Waals surface area contributed by atoms with Gasteiger partial charge in [0.1, 0.15) is 12.0 Å². The summed E-state index contributed by atoms with van der Waals surface area (Å²) in [6.07, 6.45) is 2.02. The van der Waals surface area contributed by atoms with Crippen LogP contribution in [-0.4, -0.2) is 21.9 Å². The standard InChI is InChI=1S/C10H14Cl2N4O/c1-3-5(2)6(13)10(17)16-7-8(11)14-4-15-9(7)12/h4-6H,3,13H2,1-2H3,(H,16,17)/t5-,6-/m0/s1. The first kappa shape index (κ1) is 14.2. The first-order valence-electron chi connectivity index (χ1n) is 5.19. The van der Waals surface area contributed by atoms with Crippen LogP contribution in [0.5, 0.6) is 0 Å². The molecule has 1 rings (SSSR count). The molecule has 1 amide bonds. The Labute approximate surface area is 110 Å². The molecule has 0 bridgehead atoms. The van der Waals surface area contributed by atoms with Crippen LogP contribution < -0.4 is 11.1 Å². The summed E-state index contributed by atoms with van der Waals surface area (Å²) in [6, 6.07) is -0.618. The summed E-state index contributed by atoms with van der Waals surface area (Å²) in [5.74, 6) is -0.282. The number of hydrogen-bond donors (Lipinski definition) is 2. The van der Waals surface area contributed by atoms with Gasteiger partial charge in [-0.2, -0.15) is 0 Å². The molecule has 0 aliphatic heterocycles. The summed E-state index contributed by atoms with van der Waals surface area (Å²) in [5.41, 5.74) is 5.97. The largest absolute Gasteiger partial charge is 0.320 e. The van der Waals surface area contributed by atoms with E-state index in [2.05, 4.69) is 15.3 Å². The number of anilines is 1. The van der Waals surface area contributed by atoms with Gasteiger partial charge >= 0.3 is 0 Å². The molecule has 17 heavy (non-hydrogen) atoms. The van der Waals surface area contributed by atoms with Crippen molar-refractivity contribution in [3.63, 3.8) is 0 Å². The van der Waals surface area contributed by atoms with E-state index in [9.17, 15) is 4.79 Å². The lowest BCUT2D eigenvalue weighted by Gasteiger charge is -2.18. The fraction of sp³-hybridized carbons (Fsp3) is 0.500. The third-order valence-electron chi connectivity index (χ3n) is 2.56. The smallest absolute Gasteiger partial charge is 0.241 e. The topological polar surface area (TPSA) is 80.9 Å². The van der Waals surface area contributed by atoms with Crippen molar-refractivity contribution in [1.82, 2.24) is 9.97 Å². The summed E-state index contributed by atoms with van der Waals surface area (Å²) in [7, 11) is 0. The molecule has 0 fully saturated rings. The minimum absolute atomic E-state index is 0.0668. The highest BCUT2D eigenvalue weighted by Gasteiger charge is 2.21. The zero-order valence-electron chi connectivity index (χ0n) is 9.58. The molecule has 3 N–H and O–H groups in total. The zero-order chi connectivity index (χ0) is 13.0. The second kappa shape index (κ2) is 6.14. The minimum Gasteiger partial charge on any atom is -0.320 e. The second-order valence-electron chi connectivity index (χ2n) is 3.73. The molecule has 2 atom stereocenters. The molecule has 1 aromatic heterocycles. The summed E-state index contributed by atoms with van der Waals surface area (Å²) in [4.78, 5) is 19.3. The van der Waals surface area contributed by atoms with Crippen LogP contribution >= 0.6 is 23.2 Å². The van der Waals surface area contributed by atoms with Crippen molar-refractivity contribution in [2.24, 2.45) is 11.7 Å². The maximum absolute atomic E-state index is 11.8. The van der Waals surface area contributed by atoms with Gasteiger partial charge in [0.15, 0.2) is 10.3 Å². The Morgan fingerprint density at radius 2 is 2.00 bits per heavy atom. The SMILES string of the molecule is CC[C@H](C)[C@H](N)C(=O)Nc1c(Cl)ncnc1Cl. The molecule has 0 saturated heterocycles. The number of aromatic nitrogens is 2. The molecule has 7 heteroatoms. The predicted molar refractivity (Wildman–Crippen MR) is 68.1 cm³/mol. The average Bonchev–Trinajstić information content (AvgIpc) is 2.31. The Morgan fingerprint density at radius 1 is 1.47 bits per heavy atom. The second-order valence-corrected chi connectivity index (χ2v) is 4.45. The Hall–Kier alpha value is -0.910. The molecular weight excluding hydrogens is 263 g/mol. The number of nitrogens with zero attached hydrogens (tertiary/aromatic N) is 2. The van der Waals surface area contributed by atoms with Gasteiger partial charge < -0.3 is 11.1 Å². The maximum Gasteiger partial charge on any atom is 0.241 e. The Balaban J connectivity index is 2.81. The van der Waals surface area contributed by atoms with Crippen LogP contribution in [0.1, 0.15) is 20.3 Å². The van der Waals surface area contributed by atoms with Gasteiger partial charge in [-0.05, 0) is 5.92 Å². The minimum atomic E-state index is -0.618. The van der Waals surface area contributed by atoms with Crippen LogP contribution in [0, 0.1) is 5.92 Å². The van der Waals surface area contributed by atoms with Gasteiger partial charge in [0.05, 0.1) is 6.04 Å². The number of carbonyl (C=O) groups excluding carboxylic acids is 1. The van der Waals surface area contributed by atoms with E-state index in [1.165, 1.54) is 6.33 Å². The monoisotopic (exact) mass is 276 g/mol. The average molecular weight is 277 g/mol. The third-order valence-corrected chi connectivity index (χ3v) is 3.14. The van der Waals surface area contributed by atoms with E-state index < -0.39 is 6.04 Å². The van der Waals surface area contributed by atoms with Gasteiger partial charge in [0.2, 0.25) is 5.91 Å². The quantitative estimate of drug-likeness (QED) is 0.826. The van der Waals surface area contributed by atoms with E-state index in [0.29, 0.717) is 0 Å². The Morgan fingerprint density at radius 3 is 2.47 bits per heavy atom. The number of nitrogens with two attached hydrogens (primary N) is 1. The molecule has 0 aromatic carbocycles. The van der Waals surface area contributed by atoms with Crippen LogP contribution in [0.2, 0.25) is 10.3 Å². The van der Waals surface area contributed by atoms with E-state index in [1.54, 1.807) is 0 Å². The van der Waals surface area contributed by atoms with Crippen molar-refractivity contribution in [2.75, 3.05) is 5.32 Å². The molecule has 0 unspecified atom stereocenters. The van der Waals surface area contributed by atoms with E-state index >= 15 is 0 Å². The summed E-state index contributed by atoms with van der Waals surface area (Å²) >= 11 is 11.6. The zero-order valence-corrected chi connectivity index (χ0v) is 11.1. The molecule has 0 saturated carbocycles. The van der Waals surface area contributed by atoms with Gasteiger partial charge in [0, 0.05) is 0 Å². The number of carbonyl (C=O) groups is 1. The molecule has 0 spiro atoms. The number of amides is 1. The van der Waals surface area contributed by atoms with Crippen molar-refractivity contribution >= 4 is 34.8 Å². The summed E-state index contributed by atoms with van der Waals surface area (Å²) < 4.78 is 0. The number of hydrogen-bond acceptors (Lipinski definition) is 4. The number of halogens is 2. The predicted octanol–water partition coefficient (Wildman–Crippen LogP) is 2.10. The summed E-state index contributed by atoms with van der Waals surface area (Å²) in [5, 5.41) is 2.73. The van der Waals surface area contributed by atoms with Gasteiger partial charge in [-0.25, -0.2) is 9.97 Å². The molecule has 1 aromatic rings. The van der Waals surface area contributed by atoms with Gasteiger partial charge in [-0.15, -0.1) is 0 Å². The first-order chi connectivity index (χ1) is 7.97. The van der Waals surface area contributed by atoms with Gasteiger partial charge in [-0.3, -0.25) is 4.79 Å². The molecule has 0 aliphatic rings. The van der Waals surface area contributed by atoms with Crippen LogP contribution in [0.3, 0.4) is 0 Å². The van der Waals surface area contributed by atoms with E-state index in [4.69, 9.17) is 28.9 Å². The van der Waals surface area contributed by atoms with Gasteiger partial charge in [0.25, 0.3) is 0 Å². The van der Waals surface area contributed by atoms with Crippen molar-refractivity contribution in [2.45, 2.75) is 26.3 Å². The lowest BCUT2D eigenvalue weighted by molar-refractivity contribution is -0.118. The molecular formula is C10H14Cl2N4O. The van der Waals surface area contributed by atoms with E-state index in [1.807, 2.05) is 13.8 Å². The number of nitrogens with one attached hydrogen (secondary N) is 1. The lowest BCUT2D eigenvalue weighted by Crippen LogP contribution is -2.40. The molecule has 5 nitrogen and oxygen atoms in total. The summed E-state index contributed by atoms with van der Waals surface area (Å²) in [6.45, 7) is 3.86. The van der Waals surface area contributed by atoms with Crippen molar-refractivity contribution < 1.29 is 4.79 Å². The highest BCUT2D eigenvalue weighted by molar-refractivity contribution is 6.38. The van der Waals surface area contributed by atoms with Crippen LogP contribution in [0.4, 0.5) is 5.69 Å². The molecule has 0 aliphatic carbocycles. The highest BCUT2D eigenvalue weighted by atomic mass is 35.5. The Kier molecular flexibility index (Phi) is 5.11. The van der Waals surface area contributed by atoms with Crippen LogP contribution in [-0.2, 0) is 4.79 Å². The van der Waals surface area contributed by atoms with Crippen LogP contribution in [0.25, 0.3) is 0 Å². The fourth-order valence-electron chi connectivity index (χ4n) is 1.17. The molecule has 94 valence electrons. The van der Waals surface area contributed by atoms with Crippen molar-refractivity contribution in [3.8, 4) is 0 Å². The maximum atomic E-state index is 11.8. The van der Waals surface area contributed by atoms with E-state index in [0.717, 1.165) is 6.42 Å². The fourth-order valence-corrected chi connectivity index (χ4v) is 1.58. The lowest BCUT2D eigenvalue weighted by atomic mass is 9.99. The molecule has 0 radical (unpaired) electrons. The normalized spacial score (nSPS) is 14.2. The third kappa shape index (κ3) is 3.52. The molecule has 1 heterocycles. The van der Waals surface area contributed by atoms with Crippen molar-refractivity contribution in [1.29, 1.82) is 0 Å². The van der Waals surface area contributed by atoms with Crippen LogP contribution in [0.15, 0.2) is 6.33 Å². The highest BCUT2D eigenvalue weighted by Crippen LogP contribution is 2.26. The van der Waals surface area contributed by atoms with Gasteiger partial charge in [-0.1, -0.05) is 43.5 Å². The first-order valence-corrected chi connectivity index (χ1v) is 5.95. The Bertz CT molecular complexity index is 393.